The van der Waals surface area contributed by atoms with E-state index in [4.69, 9.17) is 36.9 Å². The summed E-state index contributed by atoms with van der Waals surface area (Å²) in [7, 11) is 0. The lowest BCUT2D eigenvalue weighted by Crippen LogP contribution is -2.38. The smallest absolute Gasteiger partial charge is 0.404 e. The molecule has 2 amide bonds. The Morgan fingerprint density at radius 3 is 1.62 bits per heavy atom. The highest BCUT2D eigenvalue weighted by Crippen LogP contribution is 2.34. The van der Waals surface area contributed by atoms with Gasteiger partial charge in [0.05, 0.1) is 0 Å². The summed E-state index contributed by atoms with van der Waals surface area (Å²) in [6.45, 7) is 0. The number of benzene rings is 3. The van der Waals surface area contributed by atoms with Crippen LogP contribution in [0.15, 0.2) is 66.7 Å². The summed E-state index contributed by atoms with van der Waals surface area (Å²) in [5.74, 6) is 1.32. The van der Waals surface area contributed by atoms with Crippen LogP contribution in [0.1, 0.15) is 36.8 Å². The Labute approximate surface area is 225 Å². The SMILES string of the molecule is N=C(N)c1ccc(Oc2cc(NC(=O)C3CCC(NC(=O)O)CC3)cc(Oc3ccc(C(=N)N)cc3)c2)cc1. The molecule has 4 rings (SSSR count). The van der Waals surface area contributed by atoms with Gasteiger partial charge in [-0.05, 0) is 74.2 Å². The Morgan fingerprint density at radius 1 is 0.744 bits per heavy atom. The first-order valence-electron chi connectivity index (χ1n) is 12.4. The lowest BCUT2D eigenvalue weighted by atomic mass is 9.85. The highest BCUT2D eigenvalue weighted by atomic mass is 16.5. The molecule has 3 aromatic rings. The summed E-state index contributed by atoms with van der Waals surface area (Å²) in [4.78, 5) is 23.9. The number of amides is 2. The van der Waals surface area contributed by atoms with E-state index in [1.807, 2.05) is 0 Å². The van der Waals surface area contributed by atoms with E-state index < -0.39 is 6.09 Å². The standard InChI is InChI=1S/C28H30N6O5/c29-25(30)16-3-9-21(10-4-16)38-23-13-20(33-27(35)18-1-7-19(8-2-18)34-28(36)37)14-24(15-23)39-22-11-5-17(6-12-22)26(31)32/h3-6,9-15,18-19,34H,1-2,7-8H2,(H3,29,30)(H3,31,32)(H,33,35)(H,36,37). The van der Waals surface area contributed by atoms with Crippen LogP contribution in [-0.4, -0.2) is 34.8 Å². The minimum Gasteiger partial charge on any atom is -0.465 e. The largest absolute Gasteiger partial charge is 0.465 e. The fourth-order valence-electron chi connectivity index (χ4n) is 4.36. The minimum absolute atomic E-state index is 0.0505. The summed E-state index contributed by atoms with van der Waals surface area (Å²) >= 11 is 0. The zero-order valence-corrected chi connectivity index (χ0v) is 21.1. The fourth-order valence-corrected chi connectivity index (χ4v) is 4.36. The third kappa shape index (κ3) is 7.48. The van der Waals surface area contributed by atoms with Crippen molar-refractivity contribution in [1.82, 2.24) is 5.32 Å². The molecule has 9 N–H and O–H groups in total. The predicted octanol–water partition coefficient (Wildman–Crippen LogP) is 4.60. The molecule has 1 aliphatic carbocycles. The number of carboxylic acid groups (broad SMARTS) is 1. The van der Waals surface area contributed by atoms with Crippen LogP contribution in [0.2, 0.25) is 0 Å². The summed E-state index contributed by atoms with van der Waals surface area (Å²) in [6.07, 6.45) is 1.27. The molecular weight excluding hydrogens is 500 g/mol. The molecule has 11 heteroatoms. The maximum Gasteiger partial charge on any atom is 0.404 e. The Kier molecular flexibility index (Phi) is 8.30. The van der Waals surface area contributed by atoms with Crippen LogP contribution in [0.4, 0.5) is 10.5 Å². The molecule has 0 unspecified atom stereocenters. The number of anilines is 1. The second kappa shape index (κ2) is 12.0. The number of hydrogen-bond acceptors (Lipinski definition) is 6. The second-order valence-electron chi connectivity index (χ2n) is 9.26. The van der Waals surface area contributed by atoms with Gasteiger partial charge in [0.25, 0.3) is 0 Å². The van der Waals surface area contributed by atoms with Crippen LogP contribution in [0, 0.1) is 16.7 Å². The zero-order valence-electron chi connectivity index (χ0n) is 21.1. The van der Waals surface area contributed by atoms with Crippen LogP contribution in [0.3, 0.4) is 0 Å². The first-order chi connectivity index (χ1) is 18.7. The van der Waals surface area contributed by atoms with E-state index in [0.29, 0.717) is 65.5 Å². The average molecular weight is 531 g/mol. The van der Waals surface area contributed by atoms with Gasteiger partial charge in [-0.25, -0.2) is 4.79 Å². The number of rotatable bonds is 9. The molecule has 0 aliphatic heterocycles. The number of hydrogen-bond donors (Lipinski definition) is 7. The number of nitrogens with one attached hydrogen (secondary N) is 4. The predicted molar refractivity (Wildman–Crippen MR) is 147 cm³/mol. The molecular formula is C28H30N6O5. The Hall–Kier alpha value is -5.06. The first kappa shape index (κ1) is 27.0. The molecule has 0 atom stereocenters. The maximum absolute atomic E-state index is 13.0. The lowest BCUT2D eigenvalue weighted by molar-refractivity contribution is -0.120. The minimum atomic E-state index is -1.06. The van der Waals surface area contributed by atoms with Crippen molar-refractivity contribution in [2.75, 3.05) is 5.32 Å². The third-order valence-electron chi connectivity index (χ3n) is 6.38. The van der Waals surface area contributed by atoms with Crippen LogP contribution in [-0.2, 0) is 4.79 Å². The van der Waals surface area contributed by atoms with Crippen molar-refractivity contribution in [2.24, 2.45) is 17.4 Å². The maximum atomic E-state index is 13.0. The van der Waals surface area contributed by atoms with Crippen LogP contribution in [0.25, 0.3) is 0 Å². The molecule has 0 spiro atoms. The third-order valence-corrected chi connectivity index (χ3v) is 6.38. The Morgan fingerprint density at radius 2 is 1.21 bits per heavy atom. The molecule has 0 saturated heterocycles. The van der Waals surface area contributed by atoms with Crippen molar-refractivity contribution >= 4 is 29.4 Å². The van der Waals surface area contributed by atoms with Crippen molar-refractivity contribution < 1.29 is 24.2 Å². The molecule has 1 fully saturated rings. The van der Waals surface area contributed by atoms with E-state index in [-0.39, 0.29) is 29.5 Å². The van der Waals surface area contributed by atoms with E-state index in [1.54, 1.807) is 66.7 Å². The monoisotopic (exact) mass is 530 g/mol. The second-order valence-corrected chi connectivity index (χ2v) is 9.26. The summed E-state index contributed by atoms with van der Waals surface area (Å²) in [5, 5.41) is 29.5. The number of carbonyl (C=O) groups excluding carboxylic acids is 1. The molecule has 202 valence electrons. The van der Waals surface area contributed by atoms with Gasteiger partial charge in [-0.3, -0.25) is 15.6 Å². The Balaban J connectivity index is 1.53. The van der Waals surface area contributed by atoms with E-state index >= 15 is 0 Å². The van der Waals surface area contributed by atoms with Gasteiger partial charge in [0.15, 0.2) is 0 Å². The molecule has 0 aromatic heterocycles. The normalized spacial score (nSPS) is 16.5. The molecule has 11 nitrogen and oxygen atoms in total. The Bertz CT molecular complexity index is 1290. The van der Waals surface area contributed by atoms with Gasteiger partial charge >= 0.3 is 6.09 Å². The molecule has 39 heavy (non-hydrogen) atoms. The summed E-state index contributed by atoms with van der Waals surface area (Å²) < 4.78 is 12.0. The van der Waals surface area contributed by atoms with Gasteiger partial charge in [0.2, 0.25) is 5.91 Å². The van der Waals surface area contributed by atoms with Gasteiger partial charge in [0.1, 0.15) is 34.7 Å². The van der Waals surface area contributed by atoms with E-state index in [2.05, 4.69) is 10.6 Å². The van der Waals surface area contributed by atoms with Crippen molar-refractivity contribution in [3.63, 3.8) is 0 Å². The number of nitrogen functional groups attached to an aromatic ring is 2. The lowest BCUT2D eigenvalue weighted by Gasteiger charge is -2.27. The molecule has 3 aromatic carbocycles. The quantitative estimate of drug-likeness (QED) is 0.155. The van der Waals surface area contributed by atoms with E-state index in [9.17, 15) is 9.59 Å². The topological polar surface area (TPSA) is 197 Å². The molecule has 1 saturated carbocycles. The van der Waals surface area contributed by atoms with Gasteiger partial charge in [-0.2, -0.15) is 0 Å². The van der Waals surface area contributed by atoms with Gasteiger partial charge < -0.3 is 36.7 Å². The number of carbonyl (C=O) groups is 2. The first-order valence-corrected chi connectivity index (χ1v) is 12.4. The molecule has 0 radical (unpaired) electrons. The van der Waals surface area contributed by atoms with Crippen LogP contribution >= 0.6 is 0 Å². The fraction of sp³-hybridized carbons (Fsp3) is 0.214. The number of amidine groups is 2. The van der Waals surface area contributed by atoms with Gasteiger partial charge in [-0.1, -0.05) is 0 Å². The zero-order chi connectivity index (χ0) is 27.9. The van der Waals surface area contributed by atoms with Gasteiger partial charge in [-0.15, -0.1) is 0 Å². The molecule has 0 heterocycles. The van der Waals surface area contributed by atoms with Crippen molar-refractivity contribution in [3.8, 4) is 23.0 Å². The van der Waals surface area contributed by atoms with Crippen LogP contribution < -0.4 is 31.6 Å². The number of ether oxygens (including phenoxy) is 2. The van der Waals surface area contributed by atoms with Crippen molar-refractivity contribution in [3.05, 3.63) is 77.9 Å². The molecule has 1 aliphatic rings. The van der Waals surface area contributed by atoms with E-state index in [1.165, 1.54) is 0 Å². The highest BCUT2D eigenvalue weighted by Gasteiger charge is 2.27. The van der Waals surface area contributed by atoms with Crippen molar-refractivity contribution in [1.29, 1.82) is 10.8 Å². The molecule has 0 bridgehead atoms. The van der Waals surface area contributed by atoms with Crippen molar-refractivity contribution in [2.45, 2.75) is 31.7 Å². The van der Waals surface area contributed by atoms with E-state index in [0.717, 1.165) is 0 Å². The number of nitrogens with two attached hydrogens (primary N) is 2. The van der Waals surface area contributed by atoms with Crippen LogP contribution in [0.5, 0.6) is 23.0 Å². The summed E-state index contributed by atoms with van der Waals surface area (Å²) in [5.41, 5.74) is 12.7. The van der Waals surface area contributed by atoms with Gasteiger partial charge in [0, 0.05) is 47.0 Å². The average Bonchev–Trinajstić information content (AvgIpc) is 2.89. The summed E-state index contributed by atoms with van der Waals surface area (Å²) in [6, 6.07) is 18.3. The highest BCUT2D eigenvalue weighted by molar-refractivity contribution is 5.95.